The predicted octanol–water partition coefficient (Wildman–Crippen LogP) is 4.23. The number of amides is 1. The molecular weight excluding hydrogens is 314 g/mol. The average Bonchev–Trinajstić information content (AvgIpc) is 3.06. The molecule has 132 valence electrons. The van der Waals surface area contributed by atoms with Crippen LogP contribution in [0.4, 0.5) is 0 Å². The SMILES string of the molecule is CC[C@H](NC(=O)CCc1ccc2c(c1)OCO2)c1ccc(C)cc1C. The molecule has 1 atom stereocenters. The van der Waals surface area contributed by atoms with Gasteiger partial charge in [0.25, 0.3) is 0 Å². The molecule has 0 saturated carbocycles. The van der Waals surface area contributed by atoms with Crippen molar-refractivity contribution in [2.45, 2.75) is 46.1 Å². The molecule has 0 unspecified atom stereocenters. The Bertz CT molecular complexity index is 770. The first-order chi connectivity index (χ1) is 12.1. The first-order valence-corrected chi connectivity index (χ1v) is 8.82. The van der Waals surface area contributed by atoms with E-state index in [0.29, 0.717) is 12.8 Å². The molecule has 1 amide bonds. The van der Waals surface area contributed by atoms with Crippen LogP contribution < -0.4 is 14.8 Å². The summed E-state index contributed by atoms with van der Waals surface area (Å²) in [5, 5.41) is 3.17. The Hall–Kier alpha value is -2.49. The van der Waals surface area contributed by atoms with Crippen molar-refractivity contribution in [1.82, 2.24) is 5.32 Å². The third-order valence-electron chi connectivity index (χ3n) is 4.62. The average molecular weight is 339 g/mol. The molecule has 4 nitrogen and oxygen atoms in total. The van der Waals surface area contributed by atoms with Crippen LogP contribution in [0.2, 0.25) is 0 Å². The number of ether oxygens (including phenoxy) is 2. The first kappa shape index (κ1) is 17.3. The summed E-state index contributed by atoms with van der Waals surface area (Å²) in [5.41, 5.74) is 4.75. The van der Waals surface area contributed by atoms with E-state index >= 15 is 0 Å². The molecule has 1 heterocycles. The van der Waals surface area contributed by atoms with E-state index < -0.39 is 0 Å². The lowest BCUT2D eigenvalue weighted by Gasteiger charge is -2.20. The number of benzene rings is 2. The van der Waals surface area contributed by atoms with Crippen LogP contribution >= 0.6 is 0 Å². The molecule has 1 N–H and O–H groups in total. The van der Waals surface area contributed by atoms with Gasteiger partial charge in [0.2, 0.25) is 12.7 Å². The van der Waals surface area contributed by atoms with Gasteiger partial charge in [-0.25, -0.2) is 0 Å². The van der Waals surface area contributed by atoms with Crippen molar-refractivity contribution in [3.05, 3.63) is 58.7 Å². The summed E-state index contributed by atoms with van der Waals surface area (Å²) in [6, 6.07) is 12.3. The fraction of sp³-hybridized carbons (Fsp3) is 0.381. The van der Waals surface area contributed by atoms with Gasteiger partial charge in [-0.15, -0.1) is 0 Å². The summed E-state index contributed by atoms with van der Waals surface area (Å²) in [6.07, 6.45) is 2.02. The van der Waals surface area contributed by atoms with Gasteiger partial charge in [-0.3, -0.25) is 4.79 Å². The van der Waals surface area contributed by atoms with E-state index in [2.05, 4.69) is 44.3 Å². The van der Waals surface area contributed by atoms with Crippen molar-refractivity contribution in [2.75, 3.05) is 6.79 Å². The van der Waals surface area contributed by atoms with Gasteiger partial charge >= 0.3 is 0 Å². The molecule has 1 aliphatic rings. The highest BCUT2D eigenvalue weighted by atomic mass is 16.7. The van der Waals surface area contributed by atoms with Crippen molar-refractivity contribution in [3.63, 3.8) is 0 Å². The maximum atomic E-state index is 12.4. The fourth-order valence-corrected chi connectivity index (χ4v) is 3.24. The molecule has 4 heteroatoms. The Balaban J connectivity index is 1.59. The summed E-state index contributed by atoms with van der Waals surface area (Å²) in [7, 11) is 0. The lowest BCUT2D eigenvalue weighted by molar-refractivity contribution is -0.121. The fourth-order valence-electron chi connectivity index (χ4n) is 3.24. The Morgan fingerprint density at radius 2 is 1.92 bits per heavy atom. The van der Waals surface area contributed by atoms with Crippen LogP contribution in [0.15, 0.2) is 36.4 Å². The summed E-state index contributed by atoms with van der Waals surface area (Å²) < 4.78 is 10.7. The summed E-state index contributed by atoms with van der Waals surface area (Å²) in [6.45, 7) is 6.56. The second kappa shape index (κ2) is 7.60. The molecule has 0 bridgehead atoms. The van der Waals surface area contributed by atoms with Gasteiger partial charge in [-0.1, -0.05) is 36.8 Å². The second-order valence-corrected chi connectivity index (χ2v) is 6.58. The van der Waals surface area contributed by atoms with Crippen LogP contribution in [0.5, 0.6) is 11.5 Å². The maximum absolute atomic E-state index is 12.4. The second-order valence-electron chi connectivity index (χ2n) is 6.58. The molecule has 2 aromatic rings. The van der Waals surface area contributed by atoms with E-state index in [0.717, 1.165) is 23.5 Å². The number of carbonyl (C=O) groups excluding carboxylic acids is 1. The molecule has 0 spiro atoms. The van der Waals surface area contributed by atoms with Gasteiger partial charge in [0, 0.05) is 6.42 Å². The van der Waals surface area contributed by atoms with Crippen LogP contribution in [-0.2, 0) is 11.2 Å². The molecule has 1 aliphatic heterocycles. The summed E-state index contributed by atoms with van der Waals surface area (Å²) in [5.74, 6) is 1.61. The molecule has 25 heavy (non-hydrogen) atoms. The highest BCUT2D eigenvalue weighted by Gasteiger charge is 2.16. The van der Waals surface area contributed by atoms with Crippen LogP contribution in [0.1, 0.15) is 48.1 Å². The lowest BCUT2D eigenvalue weighted by Crippen LogP contribution is -2.28. The maximum Gasteiger partial charge on any atom is 0.231 e. The molecule has 3 rings (SSSR count). The standard InChI is InChI=1S/C21H25NO3/c1-4-18(17-8-5-14(2)11-15(17)3)22-21(23)10-7-16-6-9-19-20(12-16)25-13-24-19/h5-6,8-9,11-12,18H,4,7,10,13H2,1-3H3,(H,22,23)/t18-/m0/s1. The number of hydrogen-bond acceptors (Lipinski definition) is 3. The molecular formula is C21H25NO3. The van der Waals surface area contributed by atoms with Gasteiger partial charge in [0.1, 0.15) is 0 Å². The highest BCUT2D eigenvalue weighted by Crippen LogP contribution is 2.32. The lowest BCUT2D eigenvalue weighted by atomic mass is 9.97. The van der Waals surface area contributed by atoms with Gasteiger partial charge < -0.3 is 14.8 Å². The van der Waals surface area contributed by atoms with Crippen LogP contribution in [-0.4, -0.2) is 12.7 Å². The molecule has 0 aromatic heterocycles. The van der Waals surface area contributed by atoms with E-state index in [9.17, 15) is 4.79 Å². The van der Waals surface area contributed by atoms with E-state index in [1.54, 1.807) is 0 Å². The molecule has 2 aromatic carbocycles. The largest absolute Gasteiger partial charge is 0.454 e. The number of nitrogens with one attached hydrogen (secondary N) is 1. The first-order valence-electron chi connectivity index (χ1n) is 8.82. The van der Waals surface area contributed by atoms with E-state index in [1.807, 2.05) is 18.2 Å². The number of rotatable bonds is 6. The zero-order valence-corrected chi connectivity index (χ0v) is 15.1. The van der Waals surface area contributed by atoms with Crippen molar-refractivity contribution >= 4 is 5.91 Å². The van der Waals surface area contributed by atoms with Crippen molar-refractivity contribution in [2.24, 2.45) is 0 Å². The topological polar surface area (TPSA) is 47.6 Å². The van der Waals surface area contributed by atoms with E-state index in [-0.39, 0.29) is 18.7 Å². The van der Waals surface area contributed by atoms with E-state index in [1.165, 1.54) is 16.7 Å². The summed E-state index contributed by atoms with van der Waals surface area (Å²) in [4.78, 5) is 12.4. The third-order valence-corrected chi connectivity index (χ3v) is 4.62. The van der Waals surface area contributed by atoms with Gasteiger partial charge in [0.15, 0.2) is 11.5 Å². The minimum Gasteiger partial charge on any atom is -0.454 e. The van der Waals surface area contributed by atoms with Gasteiger partial charge in [-0.05, 0) is 55.5 Å². The van der Waals surface area contributed by atoms with Crippen molar-refractivity contribution in [3.8, 4) is 11.5 Å². The molecule has 0 saturated heterocycles. The number of aryl methyl sites for hydroxylation is 3. The predicted molar refractivity (Wildman–Crippen MR) is 98.0 cm³/mol. The Morgan fingerprint density at radius 3 is 2.68 bits per heavy atom. The normalized spacial score (nSPS) is 13.6. The smallest absolute Gasteiger partial charge is 0.231 e. The quantitative estimate of drug-likeness (QED) is 0.856. The Kier molecular flexibility index (Phi) is 5.27. The van der Waals surface area contributed by atoms with Crippen LogP contribution in [0.3, 0.4) is 0 Å². The highest BCUT2D eigenvalue weighted by molar-refractivity contribution is 5.76. The van der Waals surface area contributed by atoms with E-state index in [4.69, 9.17) is 9.47 Å². The Labute approximate surface area is 149 Å². The zero-order valence-electron chi connectivity index (χ0n) is 15.1. The third kappa shape index (κ3) is 4.13. The van der Waals surface area contributed by atoms with Crippen LogP contribution in [0, 0.1) is 13.8 Å². The number of carbonyl (C=O) groups is 1. The number of hydrogen-bond donors (Lipinski definition) is 1. The molecule has 0 radical (unpaired) electrons. The Morgan fingerprint density at radius 1 is 1.12 bits per heavy atom. The summed E-state index contributed by atoms with van der Waals surface area (Å²) >= 11 is 0. The minimum absolute atomic E-state index is 0.0600. The van der Waals surface area contributed by atoms with Crippen LogP contribution in [0.25, 0.3) is 0 Å². The number of fused-ring (bicyclic) bond motifs is 1. The van der Waals surface area contributed by atoms with Gasteiger partial charge in [0.05, 0.1) is 6.04 Å². The molecule has 0 aliphatic carbocycles. The van der Waals surface area contributed by atoms with Gasteiger partial charge in [-0.2, -0.15) is 0 Å². The zero-order chi connectivity index (χ0) is 17.8. The monoisotopic (exact) mass is 339 g/mol. The minimum atomic E-state index is 0.0600. The molecule has 0 fully saturated rings. The van der Waals surface area contributed by atoms with Crippen molar-refractivity contribution < 1.29 is 14.3 Å². The van der Waals surface area contributed by atoms with Crippen molar-refractivity contribution in [1.29, 1.82) is 0 Å².